The standard InChI is InChI=1S/C12H14F2N2O4/c1-16(4-3-11(17)18)12(19)15-9-5-8(14)10(20-2)6-7(9)13/h5-6H,3-4H2,1-2H3,(H,15,19)(H,17,18). The van der Waals surface area contributed by atoms with Gasteiger partial charge in [0.05, 0.1) is 19.2 Å². The van der Waals surface area contributed by atoms with Crippen molar-refractivity contribution in [1.82, 2.24) is 4.90 Å². The van der Waals surface area contributed by atoms with Crippen molar-refractivity contribution in [3.8, 4) is 5.75 Å². The number of amides is 2. The zero-order valence-electron chi connectivity index (χ0n) is 10.9. The highest BCUT2D eigenvalue weighted by atomic mass is 19.1. The van der Waals surface area contributed by atoms with E-state index in [9.17, 15) is 18.4 Å². The summed E-state index contributed by atoms with van der Waals surface area (Å²) in [6.07, 6.45) is -0.247. The molecule has 1 aromatic rings. The molecular weight excluding hydrogens is 274 g/mol. The second-order valence-corrected chi connectivity index (χ2v) is 3.96. The highest BCUT2D eigenvalue weighted by Crippen LogP contribution is 2.24. The number of anilines is 1. The molecule has 1 aromatic carbocycles. The number of nitrogens with one attached hydrogen (secondary N) is 1. The fourth-order valence-corrected chi connectivity index (χ4v) is 1.36. The van der Waals surface area contributed by atoms with Gasteiger partial charge in [-0.05, 0) is 0 Å². The Morgan fingerprint density at radius 1 is 1.35 bits per heavy atom. The third kappa shape index (κ3) is 4.08. The summed E-state index contributed by atoms with van der Waals surface area (Å²) in [7, 11) is 2.53. The number of carbonyl (C=O) groups is 2. The van der Waals surface area contributed by atoms with Gasteiger partial charge in [-0.1, -0.05) is 0 Å². The van der Waals surface area contributed by atoms with Crippen LogP contribution < -0.4 is 10.1 Å². The molecule has 0 atom stereocenters. The first kappa shape index (κ1) is 15.7. The highest BCUT2D eigenvalue weighted by Gasteiger charge is 2.15. The Hall–Kier alpha value is -2.38. The molecule has 110 valence electrons. The predicted molar refractivity (Wildman–Crippen MR) is 66.8 cm³/mol. The molecule has 0 saturated heterocycles. The van der Waals surface area contributed by atoms with Crippen LogP contribution in [-0.2, 0) is 4.79 Å². The lowest BCUT2D eigenvalue weighted by atomic mass is 10.2. The van der Waals surface area contributed by atoms with Crippen LogP contribution >= 0.6 is 0 Å². The summed E-state index contributed by atoms with van der Waals surface area (Å²) in [5, 5.41) is 10.6. The molecule has 8 heteroatoms. The van der Waals surface area contributed by atoms with Crippen molar-refractivity contribution in [2.24, 2.45) is 0 Å². The molecule has 0 radical (unpaired) electrons. The monoisotopic (exact) mass is 288 g/mol. The molecule has 0 unspecified atom stereocenters. The third-order valence-corrected chi connectivity index (χ3v) is 2.49. The summed E-state index contributed by atoms with van der Waals surface area (Å²) in [5.74, 6) is -3.02. The van der Waals surface area contributed by atoms with Gasteiger partial charge in [-0.25, -0.2) is 13.6 Å². The topological polar surface area (TPSA) is 78.9 Å². The molecule has 0 aromatic heterocycles. The maximum absolute atomic E-state index is 13.6. The number of hydrogen-bond donors (Lipinski definition) is 2. The van der Waals surface area contributed by atoms with Crippen LogP contribution in [0.2, 0.25) is 0 Å². The largest absolute Gasteiger partial charge is 0.494 e. The fourth-order valence-electron chi connectivity index (χ4n) is 1.36. The highest BCUT2D eigenvalue weighted by molar-refractivity contribution is 5.89. The van der Waals surface area contributed by atoms with Crippen LogP contribution in [0, 0.1) is 11.6 Å². The number of carbonyl (C=O) groups excluding carboxylic acids is 1. The first-order chi connectivity index (χ1) is 9.35. The Balaban J connectivity index is 2.75. The lowest BCUT2D eigenvalue weighted by Crippen LogP contribution is -2.33. The van der Waals surface area contributed by atoms with E-state index < -0.39 is 23.6 Å². The normalized spacial score (nSPS) is 10.0. The van der Waals surface area contributed by atoms with Crippen LogP contribution in [0.1, 0.15) is 6.42 Å². The van der Waals surface area contributed by atoms with Crippen LogP contribution in [0.4, 0.5) is 19.3 Å². The minimum atomic E-state index is -1.06. The first-order valence-electron chi connectivity index (χ1n) is 5.62. The molecule has 0 heterocycles. The average molecular weight is 288 g/mol. The first-order valence-corrected chi connectivity index (χ1v) is 5.62. The maximum Gasteiger partial charge on any atom is 0.321 e. The van der Waals surface area contributed by atoms with Gasteiger partial charge in [0.15, 0.2) is 17.4 Å². The molecule has 0 aliphatic heterocycles. The van der Waals surface area contributed by atoms with E-state index in [-0.39, 0.29) is 24.4 Å². The maximum atomic E-state index is 13.6. The molecule has 0 bridgehead atoms. The number of halogens is 2. The SMILES string of the molecule is COc1cc(F)c(NC(=O)N(C)CCC(=O)O)cc1F. The van der Waals surface area contributed by atoms with Crippen LogP contribution in [0.25, 0.3) is 0 Å². The number of hydrogen-bond acceptors (Lipinski definition) is 3. The van der Waals surface area contributed by atoms with Gasteiger partial charge in [-0.2, -0.15) is 0 Å². The second kappa shape index (κ2) is 6.69. The van der Waals surface area contributed by atoms with Gasteiger partial charge in [0.1, 0.15) is 0 Å². The predicted octanol–water partition coefficient (Wildman–Crippen LogP) is 1.91. The number of nitrogens with zero attached hydrogens (tertiary/aromatic N) is 1. The van der Waals surface area contributed by atoms with Crippen molar-refractivity contribution < 1.29 is 28.2 Å². The van der Waals surface area contributed by atoms with Crippen LogP contribution in [-0.4, -0.2) is 42.7 Å². The third-order valence-electron chi connectivity index (χ3n) is 2.49. The van der Waals surface area contributed by atoms with E-state index >= 15 is 0 Å². The fraction of sp³-hybridized carbons (Fsp3) is 0.333. The molecule has 0 aliphatic rings. The molecule has 6 nitrogen and oxygen atoms in total. The number of rotatable bonds is 5. The Bertz CT molecular complexity index is 522. The molecule has 1 rings (SSSR count). The molecule has 0 aliphatic carbocycles. The number of carboxylic acid groups (broad SMARTS) is 1. The Morgan fingerprint density at radius 2 is 2.00 bits per heavy atom. The van der Waals surface area contributed by atoms with E-state index in [0.717, 1.165) is 17.0 Å². The molecule has 0 fully saturated rings. The quantitative estimate of drug-likeness (QED) is 0.867. The van der Waals surface area contributed by atoms with Crippen molar-refractivity contribution in [3.05, 3.63) is 23.8 Å². The zero-order valence-corrected chi connectivity index (χ0v) is 10.9. The van der Waals surface area contributed by atoms with E-state index in [4.69, 9.17) is 5.11 Å². The van der Waals surface area contributed by atoms with Crippen LogP contribution in [0.5, 0.6) is 5.75 Å². The van der Waals surface area contributed by atoms with Gasteiger partial charge in [-0.15, -0.1) is 0 Å². The lowest BCUT2D eigenvalue weighted by Gasteiger charge is -2.17. The van der Waals surface area contributed by atoms with Crippen LogP contribution in [0.15, 0.2) is 12.1 Å². The molecule has 0 saturated carbocycles. The number of benzene rings is 1. The summed E-state index contributed by atoms with van der Waals surface area (Å²) in [4.78, 5) is 23.1. The number of aliphatic carboxylic acids is 1. The summed E-state index contributed by atoms with van der Waals surface area (Å²) >= 11 is 0. The second-order valence-electron chi connectivity index (χ2n) is 3.96. The van der Waals surface area contributed by atoms with Crippen molar-refractivity contribution in [1.29, 1.82) is 0 Å². The number of methoxy groups -OCH3 is 1. The van der Waals surface area contributed by atoms with Crippen molar-refractivity contribution in [2.45, 2.75) is 6.42 Å². The zero-order chi connectivity index (χ0) is 15.3. The Labute approximate surface area is 113 Å². The van der Waals surface area contributed by atoms with E-state index in [2.05, 4.69) is 10.1 Å². The van der Waals surface area contributed by atoms with E-state index in [1.807, 2.05) is 0 Å². The van der Waals surface area contributed by atoms with Gasteiger partial charge in [0.25, 0.3) is 0 Å². The molecule has 2 amide bonds. The Kier molecular flexibility index (Phi) is 5.24. The summed E-state index contributed by atoms with van der Waals surface area (Å²) in [5.41, 5.74) is -0.351. The van der Waals surface area contributed by atoms with Gasteiger partial charge in [-0.3, -0.25) is 4.79 Å². The van der Waals surface area contributed by atoms with Crippen molar-refractivity contribution >= 4 is 17.7 Å². The van der Waals surface area contributed by atoms with Crippen LogP contribution in [0.3, 0.4) is 0 Å². The molecule has 2 N–H and O–H groups in total. The van der Waals surface area contributed by atoms with E-state index in [0.29, 0.717) is 0 Å². The minimum Gasteiger partial charge on any atom is -0.494 e. The molecular formula is C12H14F2N2O4. The van der Waals surface area contributed by atoms with Crippen molar-refractivity contribution in [3.63, 3.8) is 0 Å². The number of ether oxygens (including phenoxy) is 1. The van der Waals surface area contributed by atoms with Gasteiger partial charge in [0.2, 0.25) is 0 Å². The summed E-state index contributed by atoms with van der Waals surface area (Å²) in [6, 6.07) is 0.856. The lowest BCUT2D eigenvalue weighted by molar-refractivity contribution is -0.137. The number of carboxylic acids is 1. The van der Waals surface area contributed by atoms with Gasteiger partial charge < -0.3 is 20.1 Å². The van der Waals surface area contributed by atoms with Crippen molar-refractivity contribution in [2.75, 3.05) is 26.0 Å². The minimum absolute atomic E-state index is 0.0541. The molecule has 0 spiro atoms. The summed E-state index contributed by atoms with van der Waals surface area (Å²) < 4.78 is 31.6. The van der Waals surface area contributed by atoms with Gasteiger partial charge >= 0.3 is 12.0 Å². The van der Waals surface area contributed by atoms with E-state index in [1.165, 1.54) is 14.2 Å². The van der Waals surface area contributed by atoms with E-state index in [1.54, 1.807) is 0 Å². The number of urea groups is 1. The average Bonchev–Trinajstić information content (AvgIpc) is 2.39. The van der Waals surface area contributed by atoms with Gasteiger partial charge in [0, 0.05) is 25.7 Å². The smallest absolute Gasteiger partial charge is 0.321 e. The molecule has 20 heavy (non-hydrogen) atoms. The Morgan fingerprint density at radius 3 is 2.55 bits per heavy atom. The summed E-state index contributed by atoms with van der Waals surface area (Å²) in [6.45, 7) is -0.0541.